The van der Waals surface area contributed by atoms with Gasteiger partial charge in [0, 0.05) is 5.69 Å². The minimum Gasteiger partial charge on any atom is -0.325 e. The van der Waals surface area contributed by atoms with Crippen LogP contribution in [0.4, 0.5) is 10.1 Å². The molecule has 0 unspecified atom stereocenters. The van der Waals surface area contributed by atoms with Gasteiger partial charge in [0.25, 0.3) is 0 Å². The van der Waals surface area contributed by atoms with Gasteiger partial charge < -0.3 is 5.32 Å². The van der Waals surface area contributed by atoms with Gasteiger partial charge in [-0.25, -0.2) is 17.5 Å². The van der Waals surface area contributed by atoms with Crippen LogP contribution < -0.4 is 10.0 Å². The number of rotatable bonds is 5. The van der Waals surface area contributed by atoms with Gasteiger partial charge in [-0.3, -0.25) is 4.79 Å². The van der Waals surface area contributed by atoms with Crippen LogP contribution in [0, 0.1) is 26.6 Å². The number of aryl methyl sites for hydroxylation is 2. The van der Waals surface area contributed by atoms with E-state index in [4.69, 9.17) is 0 Å². The van der Waals surface area contributed by atoms with E-state index in [1.807, 2.05) is 26.0 Å². The molecule has 0 radical (unpaired) electrons. The predicted molar refractivity (Wildman–Crippen MR) is 90.9 cm³/mol. The molecule has 0 aliphatic rings. The first kappa shape index (κ1) is 18.1. The van der Waals surface area contributed by atoms with E-state index in [2.05, 4.69) is 10.0 Å². The molecule has 0 bridgehead atoms. The van der Waals surface area contributed by atoms with Crippen molar-refractivity contribution in [1.82, 2.24) is 4.72 Å². The third-order valence-electron chi connectivity index (χ3n) is 3.74. The summed E-state index contributed by atoms with van der Waals surface area (Å²) in [5.41, 5.74) is 2.80. The predicted octanol–water partition coefficient (Wildman–Crippen LogP) is 2.67. The lowest BCUT2D eigenvalue weighted by atomic mass is 10.1. The molecule has 0 aliphatic heterocycles. The standard InChI is InChI=1S/C17H19FN2O3S/c1-11-5-4-6-16(13(11)3)20-17(21)10-19-24(22,23)14-7-8-15(18)12(2)9-14/h4-9,19H,10H2,1-3H3,(H,20,21). The maximum absolute atomic E-state index is 13.2. The van der Waals surface area contributed by atoms with Crippen LogP contribution in [0.2, 0.25) is 0 Å². The monoisotopic (exact) mass is 350 g/mol. The molecular weight excluding hydrogens is 331 g/mol. The number of amides is 1. The van der Waals surface area contributed by atoms with Crippen molar-refractivity contribution >= 4 is 21.6 Å². The van der Waals surface area contributed by atoms with E-state index in [9.17, 15) is 17.6 Å². The second-order valence-electron chi connectivity index (χ2n) is 5.53. The zero-order valence-corrected chi connectivity index (χ0v) is 14.5. The molecule has 0 saturated carbocycles. The number of carbonyl (C=O) groups is 1. The normalized spacial score (nSPS) is 11.3. The van der Waals surface area contributed by atoms with Gasteiger partial charge in [0.2, 0.25) is 15.9 Å². The van der Waals surface area contributed by atoms with Crippen LogP contribution in [-0.4, -0.2) is 20.9 Å². The molecule has 0 spiro atoms. The third kappa shape index (κ3) is 4.18. The summed E-state index contributed by atoms with van der Waals surface area (Å²) in [4.78, 5) is 11.9. The SMILES string of the molecule is Cc1cc(S(=O)(=O)NCC(=O)Nc2cccc(C)c2C)ccc1F. The van der Waals surface area contributed by atoms with Crippen LogP contribution in [-0.2, 0) is 14.8 Å². The van der Waals surface area contributed by atoms with Crippen molar-refractivity contribution in [3.05, 3.63) is 58.9 Å². The first-order valence-corrected chi connectivity index (χ1v) is 8.81. The van der Waals surface area contributed by atoms with Gasteiger partial charge in [0.15, 0.2) is 0 Å². The fourth-order valence-corrected chi connectivity index (χ4v) is 3.18. The van der Waals surface area contributed by atoms with E-state index in [0.717, 1.165) is 23.3 Å². The Morgan fingerprint density at radius 2 is 1.79 bits per heavy atom. The Balaban J connectivity index is 2.05. The summed E-state index contributed by atoms with van der Waals surface area (Å²) in [7, 11) is -3.88. The molecule has 2 aromatic rings. The number of halogens is 1. The van der Waals surface area contributed by atoms with Crippen molar-refractivity contribution in [2.24, 2.45) is 0 Å². The van der Waals surface area contributed by atoms with Gasteiger partial charge in [0.05, 0.1) is 11.4 Å². The van der Waals surface area contributed by atoms with E-state index in [1.165, 1.54) is 13.0 Å². The molecule has 1 amide bonds. The zero-order chi connectivity index (χ0) is 17.9. The second-order valence-corrected chi connectivity index (χ2v) is 7.30. The Hall–Kier alpha value is -2.25. The number of carbonyl (C=O) groups excluding carboxylic acids is 1. The summed E-state index contributed by atoms with van der Waals surface area (Å²) in [6.07, 6.45) is 0. The van der Waals surface area contributed by atoms with Crippen molar-refractivity contribution in [3.8, 4) is 0 Å². The molecule has 0 heterocycles. The molecule has 24 heavy (non-hydrogen) atoms. The molecule has 0 aliphatic carbocycles. The summed E-state index contributed by atoms with van der Waals surface area (Å²) in [5, 5.41) is 2.67. The quantitative estimate of drug-likeness (QED) is 0.870. The molecule has 0 saturated heterocycles. The third-order valence-corrected chi connectivity index (χ3v) is 5.14. The van der Waals surface area contributed by atoms with Crippen molar-refractivity contribution in [2.75, 3.05) is 11.9 Å². The van der Waals surface area contributed by atoms with Gasteiger partial charge in [-0.2, -0.15) is 0 Å². The highest BCUT2D eigenvalue weighted by molar-refractivity contribution is 7.89. The molecule has 7 heteroatoms. The van der Waals surface area contributed by atoms with E-state index in [0.29, 0.717) is 5.69 Å². The summed E-state index contributed by atoms with van der Waals surface area (Å²) in [5.74, 6) is -0.965. The van der Waals surface area contributed by atoms with E-state index in [-0.39, 0.29) is 10.5 Å². The maximum Gasteiger partial charge on any atom is 0.241 e. The van der Waals surface area contributed by atoms with Crippen LogP contribution in [0.3, 0.4) is 0 Å². The van der Waals surface area contributed by atoms with Gasteiger partial charge in [0.1, 0.15) is 5.82 Å². The molecule has 2 N–H and O–H groups in total. The first-order chi connectivity index (χ1) is 11.2. The Morgan fingerprint density at radius 1 is 1.08 bits per heavy atom. The van der Waals surface area contributed by atoms with Gasteiger partial charge >= 0.3 is 0 Å². The van der Waals surface area contributed by atoms with E-state index >= 15 is 0 Å². The summed E-state index contributed by atoms with van der Waals surface area (Å²) in [6, 6.07) is 8.94. The summed E-state index contributed by atoms with van der Waals surface area (Å²) >= 11 is 0. The molecule has 2 aromatic carbocycles. The average Bonchev–Trinajstić information content (AvgIpc) is 2.52. The topological polar surface area (TPSA) is 75.3 Å². The number of hydrogen-bond acceptors (Lipinski definition) is 3. The Labute approximate surface area is 141 Å². The molecule has 2 rings (SSSR count). The molecule has 0 aromatic heterocycles. The molecule has 0 atom stereocenters. The minimum absolute atomic E-state index is 0.0825. The fourth-order valence-electron chi connectivity index (χ4n) is 2.11. The molecular formula is C17H19FN2O3S. The molecule has 128 valence electrons. The highest BCUT2D eigenvalue weighted by Gasteiger charge is 2.17. The van der Waals surface area contributed by atoms with Crippen LogP contribution in [0.25, 0.3) is 0 Å². The number of anilines is 1. The smallest absolute Gasteiger partial charge is 0.241 e. The van der Waals surface area contributed by atoms with Crippen LogP contribution >= 0.6 is 0 Å². The first-order valence-electron chi connectivity index (χ1n) is 7.32. The lowest BCUT2D eigenvalue weighted by molar-refractivity contribution is -0.115. The molecule has 5 nitrogen and oxygen atoms in total. The number of benzene rings is 2. The van der Waals surface area contributed by atoms with Crippen LogP contribution in [0.1, 0.15) is 16.7 Å². The van der Waals surface area contributed by atoms with Crippen LogP contribution in [0.5, 0.6) is 0 Å². The van der Waals surface area contributed by atoms with E-state index < -0.39 is 28.3 Å². The highest BCUT2D eigenvalue weighted by atomic mass is 32.2. The summed E-state index contributed by atoms with van der Waals surface area (Å²) in [6.45, 7) is 4.86. The van der Waals surface area contributed by atoms with Crippen molar-refractivity contribution < 1.29 is 17.6 Å². The lowest BCUT2D eigenvalue weighted by Crippen LogP contribution is -2.33. The van der Waals surface area contributed by atoms with Crippen molar-refractivity contribution in [1.29, 1.82) is 0 Å². The second kappa shape index (κ2) is 7.11. The van der Waals surface area contributed by atoms with Gasteiger partial charge in [-0.05, 0) is 61.7 Å². The largest absolute Gasteiger partial charge is 0.325 e. The summed E-state index contributed by atoms with van der Waals surface area (Å²) < 4.78 is 39.8. The number of sulfonamides is 1. The van der Waals surface area contributed by atoms with Crippen molar-refractivity contribution in [3.63, 3.8) is 0 Å². The Kier molecular flexibility index (Phi) is 5.36. The fraction of sp³-hybridized carbons (Fsp3) is 0.235. The molecule has 0 fully saturated rings. The van der Waals surface area contributed by atoms with E-state index in [1.54, 1.807) is 6.07 Å². The lowest BCUT2D eigenvalue weighted by Gasteiger charge is -2.11. The van der Waals surface area contributed by atoms with Gasteiger partial charge in [-0.15, -0.1) is 0 Å². The van der Waals surface area contributed by atoms with Crippen molar-refractivity contribution in [2.45, 2.75) is 25.7 Å². The number of hydrogen-bond donors (Lipinski definition) is 2. The zero-order valence-electron chi connectivity index (χ0n) is 13.7. The Morgan fingerprint density at radius 3 is 2.46 bits per heavy atom. The van der Waals surface area contributed by atoms with Crippen LogP contribution in [0.15, 0.2) is 41.3 Å². The van der Waals surface area contributed by atoms with Gasteiger partial charge in [-0.1, -0.05) is 12.1 Å². The maximum atomic E-state index is 13.2. The highest BCUT2D eigenvalue weighted by Crippen LogP contribution is 2.18. The number of nitrogens with one attached hydrogen (secondary N) is 2. The average molecular weight is 350 g/mol. The Bertz CT molecular complexity index is 879. The minimum atomic E-state index is -3.88.